The lowest BCUT2D eigenvalue weighted by Gasteiger charge is -2.14. The summed E-state index contributed by atoms with van der Waals surface area (Å²) in [5, 5.41) is 0.780. The van der Waals surface area contributed by atoms with E-state index in [0.717, 1.165) is 41.1 Å². The summed E-state index contributed by atoms with van der Waals surface area (Å²) in [5.41, 5.74) is 8.99. The standard InChI is InChI=1S/C26H30N2O2S/c1-6-30-26(29)24-21-11-7-8-13-23(21)31-25(24)27-15-20-14-17(3)28(19(20)5)22-12-9-10-16(2)18(22)4/h9-10,12,14-15H,6-8,11,13H2,1-5H3. The Bertz CT molecular complexity index is 1170. The molecule has 1 aromatic carbocycles. The maximum Gasteiger partial charge on any atom is 0.341 e. The molecule has 1 aliphatic carbocycles. The predicted molar refractivity (Wildman–Crippen MR) is 129 cm³/mol. The number of aliphatic imine (C=N–C) groups is 1. The Balaban J connectivity index is 1.74. The van der Waals surface area contributed by atoms with Gasteiger partial charge in [0.1, 0.15) is 5.00 Å². The van der Waals surface area contributed by atoms with Gasteiger partial charge in [-0.25, -0.2) is 9.79 Å². The summed E-state index contributed by atoms with van der Waals surface area (Å²) in [6.45, 7) is 10.8. The van der Waals surface area contributed by atoms with Crippen LogP contribution < -0.4 is 0 Å². The molecule has 2 aromatic heterocycles. The number of thiophene rings is 1. The number of fused-ring (bicyclic) bond motifs is 1. The Labute approximate surface area is 188 Å². The fourth-order valence-corrected chi connectivity index (χ4v) is 5.67. The normalized spacial score (nSPS) is 13.6. The average molecular weight is 435 g/mol. The van der Waals surface area contributed by atoms with Crippen molar-refractivity contribution >= 4 is 28.5 Å². The molecule has 4 nitrogen and oxygen atoms in total. The molecule has 0 saturated carbocycles. The number of rotatable bonds is 5. The topological polar surface area (TPSA) is 43.6 Å². The van der Waals surface area contributed by atoms with Gasteiger partial charge in [0, 0.05) is 33.7 Å². The molecule has 0 N–H and O–H groups in total. The fraction of sp³-hybridized carbons (Fsp3) is 0.385. The number of benzene rings is 1. The number of hydrogen-bond donors (Lipinski definition) is 0. The van der Waals surface area contributed by atoms with Crippen molar-refractivity contribution in [2.24, 2.45) is 4.99 Å². The van der Waals surface area contributed by atoms with Gasteiger partial charge in [0.25, 0.3) is 0 Å². The van der Waals surface area contributed by atoms with E-state index in [9.17, 15) is 4.79 Å². The molecule has 4 rings (SSSR count). The molecule has 0 fully saturated rings. The zero-order chi connectivity index (χ0) is 22.1. The summed E-state index contributed by atoms with van der Waals surface area (Å²) >= 11 is 1.65. The molecule has 0 atom stereocenters. The smallest absolute Gasteiger partial charge is 0.341 e. The van der Waals surface area contributed by atoms with Crippen LogP contribution in [-0.2, 0) is 17.6 Å². The van der Waals surface area contributed by atoms with E-state index in [1.165, 1.54) is 33.8 Å². The molecule has 162 valence electrons. The van der Waals surface area contributed by atoms with E-state index in [1.807, 2.05) is 13.1 Å². The lowest BCUT2D eigenvalue weighted by Crippen LogP contribution is -2.09. The van der Waals surface area contributed by atoms with E-state index in [2.05, 4.69) is 56.5 Å². The van der Waals surface area contributed by atoms with Crippen LogP contribution in [0.25, 0.3) is 5.69 Å². The number of aromatic nitrogens is 1. The summed E-state index contributed by atoms with van der Waals surface area (Å²) in [4.78, 5) is 18.8. The van der Waals surface area contributed by atoms with Crippen LogP contribution in [0.1, 0.15) is 68.6 Å². The van der Waals surface area contributed by atoms with Crippen molar-refractivity contribution in [1.82, 2.24) is 4.57 Å². The van der Waals surface area contributed by atoms with E-state index in [1.54, 1.807) is 11.3 Å². The third-order valence-electron chi connectivity index (χ3n) is 6.24. The summed E-state index contributed by atoms with van der Waals surface area (Å²) < 4.78 is 7.65. The van der Waals surface area contributed by atoms with Gasteiger partial charge in [0.15, 0.2) is 0 Å². The van der Waals surface area contributed by atoms with Crippen LogP contribution in [0.3, 0.4) is 0 Å². The molecule has 2 heterocycles. The quantitative estimate of drug-likeness (QED) is 0.336. The van der Waals surface area contributed by atoms with Crippen molar-refractivity contribution < 1.29 is 9.53 Å². The second-order valence-electron chi connectivity index (χ2n) is 8.25. The highest BCUT2D eigenvalue weighted by Crippen LogP contribution is 2.40. The van der Waals surface area contributed by atoms with Gasteiger partial charge in [0.2, 0.25) is 0 Å². The summed E-state index contributed by atoms with van der Waals surface area (Å²) in [5.74, 6) is -0.241. The Morgan fingerprint density at radius 3 is 2.74 bits per heavy atom. The highest BCUT2D eigenvalue weighted by molar-refractivity contribution is 7.16. The number of carbonyl (C=O) groups is 1. The SMILES string of the molecule is CCOC(=O)c1c(N=Cc2cc(C)n(-c3cccc(C)c3C)c2C)sc2c1CCCC2. The van der Waals surface area contributed by atoms with Gasteiger partial charge in [-0.1, -0.05) is 12.1 Å². The Morgan fingerprint density at radius 2 is 1.97 bits per heavy atom. The highest BCUT2D eigenvalue weighted by atomic mass is 32.1. The first kappa shape index (κ1) is 21.6. The molecular formula is C26H30N2O2S. The Hall–Kier alpha value is -2.66. The molecule has 0 aliphatic heterocycles. The van der Waals surface area contributed by atoms with Crippen LogP contribution in [0.15, 0.2) is 29.3 Å². The van der Waals surface area contributed by atoms with Crippen LogP contribution in [0.5, 0.6) is 0 Å². The van der Waals surface area contributed by atoms with Gasteiger partial charge in [0.05, 0.1) is 12.2 Å². The van der Waals surface area contributed by atoms with Crippen molar-refractivity contribution in [3.05, 3.63) is 68.3 Å². The van der Waals surface area contributed by atoms with E-state index < -0.39 is 0 Å². The lowest BCUT2D eigenvalue weighted by molar-refractivity contribution is 0.0526. The first-order valence-electron chi connectivity index (χ1n) is 11.0. The van der Waals surface area contributed by atoms with Crippen LogP contribution in [0.2, 0.25) is 0 Å². The fourth-order valence-electron chi connectivity index (χ4n) is 4.45. The van der Waals surface area contributed by atoms with Crippen molar-refractivity contribution in [3.63, 3.8) is 0 Å². The summed E-state index contributed by atoms with van der Waals surface area (Å²) in [6.07, 6.45) is 6.18. The minimum absolute atomic E-state index is 0.241. The molecular weight excluding hydrogens is 404 g/mol. The maximum atomic E-state index is 12.7. The Kier molecular flexibility index (Phi) is 6.15. The number of nitrogens with zero attached hydrogens (tertiary/aromatic N) is 2. The molecule has 0 unspecified atom stereocenters. The zero-order valence-corrected chi connectivity index (χ0v) is 19.9. The molecule has 1 aliphatic rings. The first-order chi connectivity index (χ1) is 14.9. The minimum Gasteiger partial charge on any atom is -0.462 e. The predicted octanol–water partition coefficient (Wildman–Crippen LogP) is 6.58. The highest BCUT2D eigenvalue weighted by Gasteiger charge is 2.26. The van der Waals surface area contributed by atoms with Crippen molar-refractivity contribution in [2.75, 3.05) is 6.61 Å². The molecule has 0 radical (unpaired) electrons. The number of hydrogen-bond acceptors (Lipinski definition) is 4. The van der Waals surface area contributed by atoms with Gasteiger partial charge in [-0.15, -0.1) is 11.3 Å². The monoisotopic (exact) mass is 434 g/mol. The lowest BCUT2D eigenvalue weighted by atomic mass is 9.95. The average Bonchev–Trinajstić information content (AvgIpc) is 3.25. The molecule has 5 heteroatoms. The van der Waals surface area contributed by atoms with Gasteiger partial charge in [-0.3, -0.25) is 0 Å². The number of carbonyl (C=O) groups excluding carboxylic acids is 1. The van der Waals surface area contributed by atoms with Crippen LogP contribution in [0, 0.1) is 27.7 Å². The van der Waals surface area contributed by atoms with Gasteiger partial charge < -0.3 is 9.30 Å². The number of esters is 1. The molecule has 3 aromatic rings. The molecule has 0 amide bonds. The first-order valence-corrected chi connectivity index (χ1v) is 11.8. The largest absolute Gasteiger partial charge is 0.462 e. The molecule has 0 bridgehead atoms. The van der Waals surface area contributed by atoms with E-state index in [4.69, 9.17) is 9.73 Å². The third-order valence-corrected chi connectivity index (χ3v) is 7.44. The summed E-state index contributed by atoms with van der Waals surface area (Å²) in [6, 6.07) is 8.57. The van der Waals surface area contributed by atoms with Crippen molar-refractivity contribution in [2.45, 2.75) is 60.3 Å². The number of aryl methyl sites for hydroxylation is 3. The van der Waals surface area contributed by atoms with Gasteiger partial charge in [-0.2, -0.15) is 0 Å². The van der Waals surface area contributed by atoms with Crippen LogP contribution in [-0.4, -0.2) is 23.4 Å². The van der Waals surface area contributed by atoms with Crippen LogP contribution in [0.4, 0.5) is 5.00 Å². The second-order valence-corrected chi connectivity index (χ2v) is 9.33. The third kappa shape index (κ3) is 3.99. The molecule has 0 spiro atoms. The van der Waals surface area contributed by atoms with Gasteiger partial charge >= 0.3 is 5.97 Å². The van der Waals surface area contributed by atoms with Crippen molar-refractivity contribution in [3.8, 4) is 5.69 Å². The zero-order valence-electron chi connectivity index (χ0n) is 19.0. The maximum absolute atomic E-state index is 12.7. The van der Waals surface area contributed by atoms with E-state index >= 15 is 0 Å². The van der Waals surface area contributed by atoms with Crippen molar-refractivity contribution in [1.29, 1.82) is 0 Å². The van der Waals surface area contributed by atoms with E-state index in [0.29, 0.717) is 12.2 Å². The number of ether oxygens (including phenoxy) is 1. The molecule has 31 heavy (non-hydrogen) atoms. The second kappa shape index (κ2) is 8.83. The minimum atomic E-state index is -0.241. The summed E-state index contributed by atoms with van der Waals surface area (Å²) in [7, 11) is 0. The molecule has 0 saturated heterocycles. The van der Waals surface area contributed by atoms with Crippen LogP contribution >= 0.6 is 11.3 Å². The Morgan fingerprint density at radius 1 is 1.19 bits per heavy atom. The van der Waals surface area contributed by atoms with Gasteiger partial charge in [-0.05, 0) is 89.1 Å². The van der Waals surface area contributed by atoms with E-state index in [-0.39, 0.29) is 5.97 Å².